The average Bonchev–Trinajstić information content (AvgIpc) is 3.88. The zero-order valence-corrected chi connectivity index (χ0v) is 24.7. The number of hydrogen-bond acceptors (Lipinski definition) is 4. The Hall–Kier alpha value is -2.50. The average molecular weight is 554 g/mol. The zero-order valence-electron chi connectivity index (χ0n) is 24.7. The first kappa shape index (κ1) is 28.6. The van der Waals surface area contributed by atoms with Crippen molar-refractivity contribution in [2.24, 2.45) is 17.8 Å². The van der Waals surface area contributed by atoms with Crippen LogP contribution in [-0.2, 0) is 34.0 Å². The molecule has 1 saturated heterocycles. The summed E-state index contributed by atoms with van der Waals surface area (Å²) in [6, 6.07) is 31.8. The van der Waals surface area contributed by atoms with Crippen LogP contribution in [0, 0.1) is 17.8 Å². The first-order valence-corrected chi connectivity index (χ1v) is 15.9. The predicted molar refractivity (Wildman–Crippen MR) is 164 cm³/mol. The Labute approximate surface area is 247 Å². The summed E-state index contributed by atoms with van der Waals surface area (Å²) in [5.74, 6) is 2.79. The molecule has 41 heavy (non-hydrogen) atoms. The second-order valence-electron chi connectivity index (χ2n) is 12.7. The van der Waals surface area contributed by atoms with E-state index in [-0.39, 0.29) is 24.4 Å². The van der Waals surface area contributed by atoms with Gasteiger partial charge in [0.1, 0.15) is 12.2 Å². The molecular formula is C37H47NO3. The van der Waals surface area contributed by atoms with Crippen LogP contribution in [0.4, 0.5) is 0 Å². The van der Waals surface area contributed by atoms with Crippen molar-refractivity contribution in [1.29, 1.82) is 0 Å². The Morgan fingerprint density at radius 3 is 1.49 bits per heavy atom. The van der Waals surface area contributed by atoms with Crippen molar-refractivity contribution in [1.82, 2.24) is 4.90 Å². The van der Waals surface area contributed by atoms with Gasteiger partial charge in [-0.2, -0.15) is 0 Å². The lowest BCUT2D eigenvalue weighted by Crippen LogP contribution is -2.63. The van der Waals surface area contributed by atoms with E-state index in [0.29, 0.717) is 19.8 Å². The Balaban J connectivity index is 1.20. The fourth-order valence-corrected chi connectivity index (χ4v) is 7.07. The van der Waals surface area contributed by atoms with E-state index in [1.807, 2.05) is 0 Å². The third-order valence-electron chi connectivity index (χ3n) is 9.71. The monoisotopic (exact) mass is 553 g/mol. The van der Waals surface area contributed by atoms with Crippen LogP contribution in [0.5, 0.6) is 0 Å². The lowest BCUT2D eigenvalue weighted by Gasteiger charge is -2.48. The van der Waals surface area contributed by atoms with Crippen molar-refractivity contribution in [2.45, 2.75) is 89.6 Å². The molecule has 2 saturated carbocycles. The van der Waals surface area contributed by atoms with E-state index in [4.69, 9.17) is 14.2 Å². The molecule has 1 heterocycles. The molecule has 6 rings (SSSR count). The Morgan fingerprint density at radius 1 is 0.561 bits per heavy atom. The van der Waals surface area contributed by atoms with Gasteiger partial charge < -0.3 is 14.2 Å². The van der Waals surface area contributed by atoms with E-state index in [2.05, 4.69) is 103 Å². The third kappa shape index (κ3) is 7.87. The Bertz CT molecular complexity index is 1160. The summed E-state index contributed by atoms with van der Waals surface area (Å²) in [5, 5.41) is 0. The summed E-state index contributed by atoms with van der Waals surface area (Å²) in [6.45, 7) is 6.06. The number of benzene rings is 3. The van der Waals surface area contributed by atoms with Crippen LogP contribution in [0.2, 0.25) is 0 Å². The van der Waals surface area contributed by atoms with E-state index < -0.39 is 0 Å². The molecular weight excluding hydrogens is 506 g/mol. The summed E-state index contributed by atoms with van der Waals surface area (Å²) in [7, 11) is 0. The second kappa shape index (κ2) is 14.1. The molecule has 0 spiro atoms. The Morgan fingerprint density at radius 2 is 1.00 bits per heavy atom. The van der Waals surface area contributed by atoms with Gasteiger partial charge in [-0.05, 0) is 79.9 Å². The van der Waals surface area contributed by atoms with Crippen LogP contribution in [0.25, 0.3) is 0 Å². The number of hydrogen-bond donors (Lipinski definition) is 0. The number of rotatable bonds is 12. The fourth-order valence-electron chi connectivity index (χ4n) is 7.07. The quantitative estimate of drug-likeness (QED) is 0.230. The van der Waals surface area contributed by atoms with Gasteiger partial charge in [-0.3, -0.25) is 4.90 Å². The molecule has 0 amide bonds. The maximum Gasteiger partial charge on any atom is 0.113 e. The molecule has 0 bridgehead atoms. The highest BCUT2D eigenvalue weighted by Crippen LogP contribution is 2.45. The topological polar surface area (TPSA) is 30.9 Å². The predicted octanol–water partition coefficient (Wildman–Crippen LogP) is 7.66. The standard InChI is InChI=1S/C37H47NO3/c1-28-36(40-26-31-13-7-3-8-14-31)37(41-27-32-15-9-4-10-16-32)35(39-25-30-11-5-2-6-12-30)24-38(28)23-29-17-19-33(20-18-29)34-21-22-34/h2-16,28-29,33-37H,17-27H2,1H3. The van der Waals surface area contributed by atoms with Crippen molar-refractivity contribution in [3.05, 3.63) is 108 Å². The van der Waals surface area contributed by atoms with Gasteiger partial charge in [0.05, 0.1) is 25.9 Å². The SMILES string of the molecule is CC1C(OCc2ccccc2)C(OCc2ccccc2)C(OCc2ccccc2)CN1CC1CCC(C2CC2)CC1. The van der Waals surface area contributed by atoms with E-state index in [1.54, 1.807) is 0 Å². The molecule has 3 aliphatic rings. The molecule has 3 fully saturated rings. The molecule has 0 radical (unpaired) electrons. The van der Waals surface area contributed by atoms with E-state index in [9.17, 15) is 0 Å². The van der Waals surface area contributed by atoms with Crippen molar-refractivity contribution >= 4 is 0 Å². The van der Waals surface area contributed by atoms with Crippen LogP contribution in [0.1, 0.15) is 62.1 Å². The lowest BCUT2D eigenvalue weighted by atomic mass is 9.79. The summed E-state index contributed by atoms with van der Waals surface area (Å²) >= 11 is 0. The molecule has 2 aliphatic carbocycles. The highest BCUT2D eigenvalue weighted by molar-refractivity contribution is 5.16. The highest BCUT2D eigenvalue weighted by atomic mass is 16.6. The van der Waals surface area contributed by atoms with Crippen molar-refractivity contribution < 1.29 is 14.2 Å². The van der Waals surface area contributed by atoms with Crippen LogP contribution in [-0.4, -0.2) is 42.3 Å². The number of piperidine rings is 1. The van der Waals surface area contributed by atoms with Gasteiger partial charge >= 0.3 is 0 Å². The maximum atomic E-state index is 6.79. The minimum Gasteiger partial charge on any atom is -0.369 e. The van der Waals surface area contributed by atoms with Crippen molar-refractivity contribution in [3.63, 3.8) is 0 Å². The largest absolute Gasteiger partial charge is 0.369 e. The summed E-state index contributed by atoms with van der Waals surface area (Å²) in [5.41, 5.74) is 3.57. The van der Waals surface area contributed by atoms with Gasteiger partial charge in [0, 0.05) is 19.1 Å². The Kier molecular flexibility index (Phi) is 9.85. The number of nitrogens with zero attached hydrogens (tertiary/aromatic N) is 1. The van der Waals surface area contributed by atoms with Crippen molar-refractivity contribution in [3.8, 4) is 0 Å². The number of likely N-dealkylation sites (tertiary alicyclic amines) is 1. The van der Waals surface area contributed by atoms with Crippen LogP contribution < -0.4 is 0 Å². The molecule has 218 valence electrons. The molecule has 3 aromatic carbocycles. The lowest BCUT2D eigenvalue weighted by molar-refractivity contribution is -0.202. The molecule has 0 N–H and O–H groups in total. The third-order valence-corrected chi connectivity index (χ3v) is 9.71. The van der Waals surface area contributed by atoms with Crippen LogP contribution in [0.15, 0.2) is 91.0 Å². The summed E-state index contributed by atoms with van der Waals surface area (Å²) in [4.78, 5) is 2.66. The molecule has 4 nitrogen and oxygen atoms in total. The van der Waals surface area contributed by atoms with E-state index in [1.165, 1.54) is 55.2 Å². The number of ether oxygens (including phenoxy) is 3. The molecule has 0 aromatic heterocycles. The van der Waals surface area contributed by atoms with Gasteiger partial charge in [-0.15, -0.1) is 0 Å². The molecule has 4 atom stereocenters. The van der Waals surface area contributed by atoms with Gasteiger partial charge in [-0.25, -0.2) is 0 Å². The first-order valence-electron chi connectivity index (χ1n) is 15.9. The van der Waals surface area contributed by atoms with Gasteiger partial charge in [0.2, 0.25) is 0 Å². The summed E-state index contributed by atoms with van der Waals surface area (Å²) in [6.07, 6.45) is 8.21. The zero-order chi connectivity index (χ0) is 27.9. The molecule has 3 aromatic rings. The van der Waals surface area contributed by atoms with E-state index >= 15 is 0 Å². The molecule has 4 unspecified atom stereocenters. The second-order valence-corrected chi connectivity index (χ2v) is 12.7. The van der Waals surface area contributed by atoms with E-state index in [0.717, 1.165) is 30.8 Å². The van der Waals surface area contributed by atoms with Gasteiger partial charge in [0.25, 0.3) is 0 Å². The fraction of sp³-hybridized carbons (Fsp3) is 0.514. The normalized spacial score (nSPS) is 28.9. The van der Waals surface area contributed by atoms with Crippen molar-refractivity contribution in [2.75, 3.05) is 13.1 Å². The van der Waals surface area contributed by atoms with Crippen LogP contribution in [0.3, 0.4) is 0 Å². The maximum absolute atomic E-state index is 6.79. The van der Waals surface area contributed by atoms with Crippen LogP contribution >= 0.6 is 0 Å². The smallest absolute Gasteiger partial charge is 0.113 e. The molecule has 4 heteroatoms. The van der Waals surface area contributed by atoms with Gasteiger partial charge in [0.15, 0.2) is 0 Å². The van der Waals surface area contributed by atoms with Gasteiger partial charge in [-0.1, -0.05) is 91.0 Å². The minimum atomic E-state index is -0.153. The highest BCUT2D eigenvalue weighted by Gasteiger charge is 2.45. The first-order chi connectivity index (χ1) is 20.2. The summed E-state index contributed by atoms with van der Waals surface area (Å²) < 4.78 is 20.3. The molecule has 1 aliphatic heterocycles. The minimum absolute atomic E-state index is 0.0707.